The molecular weight excluding hydrogens is 387 g/mol. The highest BCUT2D eigenvalue weighted by atomic mass is 19.1. The van der Waals surface area contributed by atoms with Gasteiger partial charge in [-0.05, 0) is 49.6 Å². The zero-order chi connectivity index (χ0) is 21.1. The van der Waals surface area contributed by atoms with Gasteiger partial charge in [0, 0.05) is 38.2 Å². The van der Waals surface area contributed by atoms with E-state index in [-0.39, 0.29) is 23.5 Å². The Balaban J connectivity index is 1.31. The molecule has 2 aromatic rings. The Kier molecular flexibility index (Phi) is 6.08. The smallest absolute Gasteiger partial charge is 0.224 e. The van der Waals surface area contributed by atoms with Crippen molar-refractivity contribution in [3.63, 3.8) is 0 Å². The molecule has 0 aliphatic carbocycles. The Bertz CT molecular complexity index is 899. The van der Waals surface area contributed by atoms with Crippen LogP contribution in [0.4, 0.5) is 4.39 Å². The van der Waals surface area contributed by atoms with Gasteiger partial charge in [-0.3, -0.25) is 19.2 Å². The molecule has 30 heavy (non-hydrogen) atoms. The second-order valence-corrected chi connectivity index (χ2v) is 8.15. The highest BCUT2D eigenvalue weighted by molar-refractivity contribution is 5.79. The summed E-state index contributed by atoms with van der Waals surface area (Å²) in [6.45, 7) is 4.84. The van der Waals surface area contributed by atoms with E-state index in [0.29, 0.717) is 25.0 Å². The van der Waals surface area contributed by atoms with Crippen molar-refractivity contribution in [3.8, 4) is 11.3 Å². The lowest BCUT2D eigenvalue weighted by Crippen LogP contribution is -2.58. The van der Waals surface area contributed by atoms with Crippen LogP contribution in [0.15, 0.2) is 30.5 Å². The van der Waals surface area contributed by atoms with Crippen LogP contribution in [0.2, 0.25) is 0 Å². The van der Waals surface area contributed by atoms with Gasteiger partial charge in [-0.2, -0.15) is 0 Å². The van der Waals surface area contributed by atoms with Crippen LogP contribution in [0.1, 0.15) is 19.8 Å². The normalized spacial score (nSPS) is 25.1. The number of carbonyl (C=O) groups excluding carboxylic acids is 2. The maximum atomic E-state index is 13.1. The van der Waals surface area contributed by atoms with E-state index in [1.54, 1.807) is 12.1 Å². The van der Waals surface area contributed by atoms with Crippen LogP contribution in [-0.4, -0.2) is 63.9 Å². The van der Waals surface area contributed by atoms with Crippen LogP contribution in [0.3, 0.4) is 0 Å². The minimum atomic E-state index is -0.272. The van der Waals surface area contributed by atoms with Crippen molar-refractivity contribution in [1.82, 2.24) is 30.5 Å². The van der Waals surface area contributed by atoms with Gasteiger partial charge in [-0.1, -0.05) is 5.21 Å². The Morgan fingerprint density at radius 2 is 1.97 bits per heavy atom. The van der Waals surface area contributed by atoms with Gasteiger partial charge in [-0.15, -0.1) is 5.10 Å². The molecule has 4 atom stereocenters. The van der Waals surface area contributed by atoms with E-state index in [9.17, 15) is 14.0 Å². The molecule has 3 aliphatic rings. The predicted molar refractivity (Wildman–Crippen MR) is 109 cm³/mol. The average Bonchev–Trinajstić information content (AvgIpc) is 3.20. The number of rotatable bonds is 7. The second kappa shape index (κ2) is 8.91. The van der Waals surface area contributed by atoms with E-state index in [2.05, 4.69) is 25.8 Å². The van der Waals surface area contributed by atoms with Crippen molar-refractivity contribution in [2.45, 2.75) is 32.4 Å². The van der Waals surface area contributed by atoms with Gasteiger partial charge in [0.25, 0.3) is 0 Å². The number of halogens is 1. The SMILES string of the molecule is CC(=O)NCCNC(=O)[C@@H]1CN2CC[C@@H]1C[C@@H]2Cn1cc(-c2ccc(F)cc2)nn1. The van der Waals surface area contributed by atoms with Crippen molar-refractivity contribution in [3.05, 3.63) is 36.3 Å². The number of nitrogens with one attached hydrogen (secondary N) is 2. The third kappa shape index (κ3) is 4.67. The van der Waals surface area contributed by atoms with Crippen LogP contribution in [-0.2, 0) is 16.1 Å². The number of nitrogens with zero attached hydrogens (tertiary/aromatic N) is 4. The Hall–Kier alpha value is -2.81. The minimum Gasteiger partial charge on any atom is -0.355 e. The molecule has 0 radical (unpaired) electrons. The van der Waals surface area contributed by atoms with Crippen molar-refractivity contribution >= 4 is 11.8 Å². The monoisotopic (exact) mass is 414 g/mol. The standard InChI is InChI=1S/C21H27FN6O2/c1-14(29)23-7-8-24-21(30)19-12-27-9-6-16(19)10-18(27)11-28-13-20(25-26-28)15-2-4-17(22)5-3-15/h2-5,13,16,18-19H,6-12H2,1H3,(H,23,29)(H,24,30)/t16-,18-,19-/m1/s1. The molecule has 4 heterocycles. The number of piperidine rings is 3. The lowest BCUT2D eigenvalue weighted by Gasteiger charge is -2.49. The topological polar surface area (TPSA) is 92.2 Å². The molecule has 3 saturated heterocycles. The minimum absolute atomic E-state index is 0.00199. The largest absolute Gasteiger partial charge is 0.355 e. The second-order valence-electron chi connectivity index (χ2n) is 8.15. The van der Waals surface area contributed by atoms with E-state index in [0.717, 1.165) is 43.7 Å². The lowest BCUT2D eigenvalue weighted by molar-refractivity contribution is -0.133. The van der Waals surface area contributed by atoms with Gasteiger partial charge < -0.3 is 10.6 Å². The molecule has 3 aliphatic heterocycles. The summed E-state index contributed by atoms with van der Waals surface area (Å²) in [5.41, 5.74) is 1.56. The van der Waals surface area contributed by atoms with Crippen LogP contribution < -0.4 is 10.6 Å². The Morgan fingerprint density at radius 1 is 1.20 bits per heavy atom. The summed E-state index contributed by atoms with van der Waals surface area (Å²) in [4.78, 5) is 25.9. The number of hydrogen-bond acceptors (Lipinski definition) is 5. The summed E-state index contributed by atoms with van der Waals surface area (Å²) in [5, 5.41) is 14.1. The molecule has 3 fully saturated rings. The molecule has 1 aromatic heterocycles. The van der Waals surface area contributed by atoms with E-state index < -0.39 is 0 Å². The molecular formula is C21H27FN6O2. The fourth-order valence-corrected chi connectivity index (χ4v) is 4.54. The van der Waals surface area contributed by atoms with Gasteiger partial charge in [0.05, 0.1) is 18.7 Å². The highest BCUT2D eigenvalue weighted by Crippen LogP contribution is 2.37. The van der Waals surface area contributed by atoms with Crippen LogP contribution >= 0.6 is 0 Å². The molecule has 0 spiro atoms. The molecule has 0 saturated carbocycles. The fraction of sp³-hybridized carbons (Fsp3) is 0.524. The number of carbonyl (C=O) groups is 2. The first kappa shape index (κ1) is 20.5. The quantitative estimate of drug-likeness (QED) is 0.661. The molecule has 2 amide bonds. The van der Waals surface area contributed by atoms with Gasteiger partial charge in [0.1, 0.15) is 11.5 Å². The Morgan fingerprint density at radius 3 is 2.67 bits per heavy atom. The molecule has 1 aromatic carbocycles. The zero-order valence-electron chi connectivity index (χ0n) is 17.1. The number of hydrogen-bond donors (Lipinski definition) is 2. The van der Waals surface area contributed by atoms with E-state index in [1.807, 2.05) is 10.9 Å². The summed E-state index contributed by atoms with van der Waals surface area (Å²) < 4.78 is 15.0. The summed E-state index contributed by atoms with van der Waals surface area (Å²) in [7, 11) is 0. The van der Waals surface area contributed by atoms with E-state index in [1.165, 1.54) is 19.1 Å². The Labute approximate surface area is 174 Å². The first-order valence-electron chi connectivity index (χ1n) is 10.4. The van der Waals surface area contributed by atoms with Crippen LogP contribution in [0.5, 0.6) is 0 Å². The first-order valence-corrected chi connectivity index (χ1v) is 10.4. The predicted octanol–water partition coefficient (Wildman–Crippen LogP) is 1.05. The number of benzene rings is 1. The van der Waals surface area contributed by atoms with Gasteiger partial charge >= 0.3 is 0 Å². The molecule has 9 heteroatoms. The van der Waals surface area contributed by atoms with Crippen molar-refractivity contribution in [2.75, 3.05) is 26.2 Å². The maximum Gasteiger partial charge on any atom is 0.224 e. The average molecular weight is 414 g/mol. The zero-order valence-corrected chi connectivity index (χ0v) is 17.1. The molecule has 2 bridgehead atoms. The maximum absolute atomic E-state index is 13.1. The van der Waals surface area contributed by atoms with E-state index >= 15 is 0 Å². The molecule has 160 valence electrons. The number of amides is 2. The van der Waals surface area contributed by atoms with Gasteiger partial charge in [0.15, 0.2) is 0 Å². The molecule has 8 nitrogen and oxygen atoms in total. The summed E-state index contributed by atoms with van der Waals surface area (Å²) >= 11 is 0. The summed E-state index contributed by atoms with van der Waals surface area (Å²) in [6.07, 6.45) is 3.87. The third-order valence-electron chi connectivity index (χ3n) is 6.09. The summed E-state index contributed by atoms with van der Waals surface area (Å²) in [5.74, 6) is 0.0723. The lowest BCUT2D eigenvalue weighted by atomic mass is 9.75. The molecule has 5 rings (SSSR count). The summed E-state index contributed by atoms with van der Waals surface area (Å²) in [6, 6.07) is 6.56. The van der Waals surface area contributed by atoms with Gasteiger partial charge in [-0.25, -0.2) is 4.39 Å². The van der Waals surface area contributed by atoms with Crippen molar-refractivity contribution < 1.29 is 14.0 Å². The van der Waals surface area contributed by atoms with Crippen LogP contribution in [0.25, 0.3) is 11.3 Å². The number of fused-ring (bicyclic) bond motifs is 3. The third-order valence-corrected chi connectivity index (χ3v) is 6.09. The molecule has 2 N–H and O–H groups in total. The number of aromatic nitrogens is 3. The highest BCUT2D eigenvalue weighted by Gasteiger charge is 2.43. The first-order chi connectivity index (χ1) is 14.5. The molecule has 1 unspecified atom stereocenters. The van der Waals surface area contributed by atoms with Gasteiger partial charge in [0.2, 0.25) is 11.8 Å². The van der Waals surface area contributed by atoms with Crippen LogP contribution in [0, 0.1) is 17.7 Å². The van der Waals surface area contributed by atoms with Crippen molar-refractivity contribution in [1.29, 1.82) is 0 Å². The van der Waals surface area contributed by atoms with Crippen molar-refractivity contribution in [2.24, 2.45) is 11.8 Å². The van der Waals surface area contributed by atoms with E-state index in [4.69, 9.17) is 0 Å². The fourth-order valence-electron chi connectivity index (χ4n) is 4.54.